The first-order valence-electron chi connectivity index (χ1n) is 8.76. The second kappa shape index (κ2) is 7.34. The van der Waals surface area contributed by atoms with E-state index < -0.39 is 0 Å². The van der Waals surface area contributed by atoms with Crippen molar-refractivity contribution in [1.82, 2.24) is 14.7 Å². The van der Waals surface area contributed by atoms with Gasteiger partial charge in [-0.1, -0.05) is 36.4 Å². The van der Waals surface area contributed by atoms with Crippen LogP contribution in [0.1, 0.15) is 27.3 Å². The molecule has 0 N–H and O–H groups in total. The number of nitriles is 1. The number of hydrogen-bond acceptors (Lipinski definition) is 4. The van der Waals surface area contributed by atoms with Crippen molar-refractivity contribution in [2.45, 2.75) is 19.7 Å². The van der Waals surface area contributed by atoms with Crippen LogP contribution >= 0.6 is 0 Å². The molecule has 3 aromatic rings. The van der Waals surface area contributed by atoms with Gasteiger partial charge in [0.15, 0.2) is 0 Å². The third kappa shape index (κ3) is 3.67. The van der Waals surface area contributed by atoms with E-state index in [0.29, 0.717) is 42.3 Å². The maximum absolute atomic E-state index is 12.8. The summed E-state index contributed by atoms with van der Waals surface area (Å²) in [6.45, 7) is 2.14. The van der Waals surface area contributed by atoms with Crippen molar-refractivity contribution in [3.63, 3.8) is 0 Å². The van der Waals surface area contributed by atoms with E-state index in [1.54, 1.807) is 35.0 Å². The minimum atomic E-state index is -0.0182. The number of benzene rings is 2. The second-order valence-corrected chi connectivity index (χ2v) is 6.38. The number of rotatable bonds is 5. The molecule has 0 saturated carbocycles. The van der Waals surface area contributed by atoms with Crippen molar-refractivity contribution in [2.75, 3.05) is 6.54 Å². The van der Waals surface area contributed by atoms with Crippen LogP contribution in [0.3, 0.4) is 0 Å². The molecule has 1 aromatic heterocycles. The first-order valence-corrected chi connectivity index (χ1v) is 8.76. The zero-order valence-corrected chi connectivity index (χ0v) is 14.7. The van der Waals surface area contributed by atoms with Gasteiger partial charge in [-0.3, -0.25) is 9.48 Å². The largest absolute Gasteiger partial charge is 0.487 e. The summed E-state index contributed by atoms with van der Waals surface area (Å²) in [7, 11) is 0. The topological polar surface area (TPSA) is 71.2 Å². The Bertz CT molecular complexity index is 1000. The lowest BCUT2D eigenvalue weighted by atomic mass is 10.2. The normalized spacial score (nSPS) is 13.1. The Morgan fingerprint density at radius 2 is 1.93 bits per heavy atom. The number of nitrogens with zero attached hydrogens (tertiary/aromatic N) is 4. The zero-order chi connectivity index (χ0) is 18.6. The lowest BCUT2D eigenvalue weighted by Gasteiger charge is -2.27. The van der Waals surface area contributed by atoms with Gasteiger partial charge in [-0.15, -0.1) is 0 Å². The maximum Gasteiger partial charge on any atom is 0.272 e. The van der Waals surface area contributed by atoms with E-state index in [1.165, 1.54) is 0 Å². The standard InChI is InChI=1S/C21H18N4O2/c22-13-17-7-4-8-19(11-17)27-15-18-12-20-21(26)24(9-10-25(20)23-18)14-16-5-2-1-3-6-16/h1-8,11-12H,9-10,14-15H2. The predicted octanol–water partition coefficient (Wildman–Crippen LogP) is 2.99. The summed E-state index contributed by atoms with van der Waals surface area (Å²) in [6.07, 6.45) is 0. The summed E-state index contributed by atoms with van der Waals surface area (Å²) in [6, 6.07) is 20.8. The van der Waals surface area contributed by atoms with Crippen molar-refractivity contribution in [2.24, 2.45) is 0 Å². The van der Waals surface area contributed by atoms with Gasteiger partial charge >= 0.3 is 0 Å². The van der Waals surface area contributed by atoms with E-state index in [4.69, 9.17) is 10.00 Å². The Labute approximate surface area is 157 Å². The van der Waals surface area contributed by atoms with Gasteiger partial charge in [-0.25, -0.2) is 0 Å². The molecule has 4 rings (SSSR count). The third-order valence-electron chi connectivity index (χ3n) is 4.48. The molecule has 0 saturated heterocycles. The number of amides is 1. The molecule has 6 nitrogen and oxygen atoms in total. The molecule has 1 aliphatic rings. The van der Waals surface area contributed by atoms with Gasteiger partial charge < -0.3 is 9.64 Å². The van der Waals surface area contributed by atoms with Crippen LogP contribution in [0.5, 0.6) is 5.75 Å². The summed E-state index contributed by atoms with van der Waals surface area (Å²) >= 11 is 0. The van der Waals surface area contributed by atoms with E-state index in [-0.39, 0.29) is 12.5 Å². The molecule has 2 aromatic carbocycles. The molecule has 27 heavy (non-hydrogen) atoms. The van der Waals surface area contributed by atoms with Gasteiger partial charge in [0.25, 0.3) is 5.91 Å². The van der Waals surface area contributed by atoms with Crippen LogP contribution in [0, 0.1) is 11.3 Å². The fraction of sp³-hybridized carbons (Fsp3) is 0.190. The van der Waals surface area contributed by atoms with E-state index in [9.17, 15) is 4.79 Å². The minimum Gasteiger partial charge on any atom is -0.487 e. The van der Waals surface area contributed by atoms with Crippen molar-refractivity contribution in [3.8, 4) is 11.8 Å². The quantitative estimate of drug-likeness (QED) is 0.703. The van der Waals surface area contributed by atoms with Crippen LogP contribution in [0.15, 0.2) is 60.7 Å². The summed E-state index contributed by atoms with van der Waals surface area (Å²) < 4.78 is 7.46. The van der Waals surface area contributed by atoms with E-state index >= 15 is 0 Å². The Hall–Kier alpha value is -3.59. The van der Waals surface area contributed by atoms with Crippen molar-refractivity contribution in [3.05, 3.63) is 83.2 Å². The first kappa shape index (κ1) is 16.9. The van der Waals surface area contributed by atoms with Crippen LogP contribution in [-0.4, -0.2) is 27.1 Å². The monoisotopic (exact) mass is 358 g/mol. The Morgan fingerprint density at radius 1 is 1.07 bits per heavy atom. The molecule has 0 fully saturated rings. The SMILES string of the molecule is N#Cc1cccc(OCc2cc3n(n2)CCN(Cc2ccccc2)C3=O)c1. The van der Waals surface area contributed by atoms with Crippen molar-refractivity contribution >= 4 is 5.91 Å². The van der Waals surface area contributed by atoms with E-state index in [0.717, 1.165) is 5.56 Å². The highest BCUT2D eigenvalue weighted by Crippen LogP contribution is 2.18. The highest BCUT2D eigenvalue weighted by molar-refractivity contribution is 5.93. The predicted molar refractivity (Wildman–Crippen MR) is 98.9 cm³/mol. The molecule has 1 aliphatic heterocycles. The van der Waals surface area contributed by atoms with E-state index in [1.807, 2.05) is 35.2 Å². The summed E-state index contributed by atoms with van der Waals surface area (Å²) in [4.78, 5) is 14.6. The summed E-state index contributed by atoms with van der Waals surface area (Å²) in [5.41, 5.74) is 2.94. The number of carbonyl (C=O) groups is 1. The molecule has 1 amide bonds. The Kier molecular flexibility index (Phi) is 4.58. The van der Waals surface area contributed by atoms with Gasteiger partial charge in [0.1, 0.15) is 23.7 Å². The minimum absolute atomic E-state index is 0.0182. The second-order valence-electron chi connectivity index (χ2n) is 6.38. The molecule has 2 heterocycles. The maximum atomic E-state index is 12.8. The first-order chi connectivity index (χ1) is 13.2. The van der Waals surface area contributed by atoms with Gasteiger partial charge in [-0.2, -0.15) is 10.4 Å². The molecule has 134 valence electrons. The van der Waals surface area contributed by atoms with Gasteiger partial charge in [-0.05, 0) is 29.8 Å². The van der Waals surface area contributed by atoms with Gasteiger partial charge in [0, 0.05) is 13.1 Å². The molecule has 0 aliphatic carbocycles. The van der Waals surface area contributed by atoms with Gasteiger partial charge in [0.2, 0.25) is 0 Å². The molecule has 0 bridgehead atoms. The number of carbonyl (C=O) groups excluding carboxylic acids is 1. The molecule has 0 spiro atoms. The highest BCUT2D eigenvalue weighted by atomic mass is 16.5. The molecule has 6 heteroatoms. The summed E-state index contributed by atoms with van der Waals surface area (Å²) in [5, 5.41) is 13.4. The molecular weight excluding hydrogens is 340 g/mol. The zero-order valence-electron chi connectivity index (χ0n) is 14.7. The number of ether oxygens (including phenoxy) is 1. The number of hydrogen-bond donors (Lipinski definition) is 0. The number of fused-ring (bicyclic) bond motifs is 1. The number of aromatic nitrogens is 2. The van der Waals surface area contributed by atoms with Crippen LogP contribution in [0.25, 0.3) is 0 Å². The Balaban J connectivity index is 1.45. The fourth-order valence-corrected chi connectivity index (χ4v) is 3.13. The smallest absolute Gasteiger partial charge is 0.272 e. The Morgan fingerprint density at radius 3 is 2.74 bits per heavy atom. The third-order valence-corrected chi connectivity index (χ3v) is 4.48. The van der Waals surface area contributed by atoms with E-state index in [2.05, 4.69) is 11.2 Å². The summed E-state index contributed by atoms with van der Waals surface area (Å²) in [5.74, 6) is 0.590. The average molecular weight is 358 g/mol. The van der Waals surface area contributed by atoms with Crippen LogP contribution < -0.4 is 4.74 Å². The fourth-order valence-electron chi connectivity index (χ4n) is 3.13. The molecule has 0 radical (unpaired) electrons. The highest BCUT2D eigenvalue weighted by Gasteiger charge is 2.26. The molecular formula is C21H18N4O2. The van der Waals surface area contributed by atoms with Crippen molar-refractivity contribution in [1.29, 1.82) is 5.26 Å². The van der Waals surface area contributed by atoms with Crippen LogP contribution in [0.4, 0.5) is 0 Å². The average Bonchev–Trinajstić information content (AvgIpc) is 3.14. The molecule has 0 unspecified atom stereocenters. The lowest BCUT2D eigenvalue weighted by molar-refractivity contribution is 0.0683. The van der Waals surface area contributed by atoms with Crippen LogP contribution in [-0.2, 0) is 19.7 Å². The van der Waals surface area contributed by atoms with Crippen molar-refractivity contribution < 1.29 is 9.53 Å². The molecule has 0 atom stereocenters. The lowest BCUT2D eigenvalue weighted by Crippen LogP contribution is -2.39. The van der Waals surface area contributed by atoms with Crippen LogP contribution in [0.2, 0.25) is 0 Å². The van der Waals surface area contributed by atoms with Gasteiger partial charge in [0.05, 0.1) is 18.2 Å².